The molecule has 2 aromatic rings. The molecule has 224 valence electrons. The number of nitrogens with zero attached hydrogens (tertiary/aromatic N) is 1. The van der Waals surface area contributed by atoms with Gasteiger partial charge in [-0.1, -0.05) is 45.2 Å². The van der Waals surface area contributed by atoms with Gasteiger partial charge >= 0.3 is 5.97 Å². The predicted molar refractivity (Wildman–Crippen MR) is 150 cm³/mol. The van der Waals surface area contributed by atoms with E-state index in [9.17, 15) is 29.2 Å². The molecule has 3 atom stereocenters. The van der Waals surface area contributed by atoms with Crippen LogP contribution in [0.5, 0.6) is 0 Å². The zero-order chi connectivity index (χ0) is 30.5. The maximum Gasteiger partial charge on any atom is 0.325 e. The van der Waals surface area contributed by atoms with Crippen molar-refractivity contribution >= 4 is 30.1 Å². The number of nitrogens with one attached hydrogen (secondary N) is 3. The van der Waals surface area contributed by atoms with Crippen molar-refractivity contribution in [2.75, 3.05) is 6.67 Å². The fourth-order valence-corrected chi connectivity index (χ4v) is 4.47. The van der Waals surface area contributed by atoms with Crippen LogP contribution < -0.4 is 16.0 Å². The third kappa shape index (κ3) is 9.75. The largest absolute Gasteiger partial charge is 0.480 e. The molecule has 0 saturated heterocycles. The number of carboxylic acid groups (broad SMARTS) is 1. The molecule has 12 heteroatoms. The minimum atomic E-state index is -1.12. The Bertz CT molecular complexity index is 1210. The average molecular weight is 573 g/mol. The Hall–Kier alpha value is -4.19. The quantitative estimate of drug-likeness (QED) is 0.0631. The van der Waals surface area contributed by atoms with Crippen LogP contribution in [0.3, 0.4) is 0 Å². The number of carbonyl (C=O) groups excluding carboxylic acids is 4. The average Bonchev–Trinajstić information content (AvgIpc) is 3.44. The molecular weight excluding hydrogens is 532 g/mol. The molecular formula is C29H40N4O8. The highest BCUT2D eigenvalue weighted by Gasteiger charge is 2.30. The molecule has 0 radical (unpaired) electrons. The minimum absolute atomic E-state index is 0.0191. The van der Waals surface area contributed by atoms with Crippen molar-refractivity contribution < 1.29 is 38.7 Å². The van der Waals surface area contributed by atoms with Gasteiger partial charge in [0.05, 0.1) is 25.0 Å². The van der Waals surface area contributed by atoms with E-state index < -0.39 is 35.8 Å². The first-order valence-electron chi connectivity index (χ1n) is 13.7. The van der Waals surface area contributed by atoms with Crippen molar-refractivity contribution in [1.29, 1.82) is 0 Å². The molecule has 0 bridgehead atoms. The number of hydrogen-bond donors (Lipinski definition) is 5. The summed E-state index contributed by atoms with van der Waals surface area (Å²) in [5.41, 5.74) is 2.20. The van der Waals surface area contributed by atoms with Crippen molar-refractivity contribution in [1.82, 2.24) is 21.0 Å². The van der Waals surface area contributed by atoms with Crippen LogP contribution in [0.4, 0.5) is 0 Å². The van der Waals surface area contributed by atoms with E-state index in [4.69, 9.17) is 9.52 Å². The normalized spacial score (nSPS) is 13.0. The molecule has 0 aliphatic heterocycles. The molecule has 0 saturated carbocycles. The number of benzene rings is 1. The number of hydrogen-bond acceptors (Lipinski definition) is 7. The van der Waals surface area contributed by atoms with Crippen LogP contribution in [0.15, 0.2) is 34.7 Å². The maximum atomic E-state index is 12.9. The highest BCUT2D eigenvalue weighted by atomic mass is 16.5. The summed E-state index contributed by atoms with van der Waals surface area (Å²) in [7, 11) is 0. The number of carboxylic acids is 1. The Kier molecular flexibility index (Phi) is 13.0. The second-order valence-corrected chi connectivity index (χ2v) is 9.90. The summed E-state index contributed by atoms with van der Waals surface area (Å²) in [4.78, 5) is 59.7. The predicted octanol–water partition coefficient (Wildman–Crippen LogP) is 3.01. The Balaban J connectivity index is 1.98. The highest BCUT2D eigenvalue weighted by Crippen LogP contribution is 2.25. The lowest BCUT2D eigenvalue weighted by Gasteiger charge is -2.29. The Morgan fingerprint density at radius 3 is 2.41 bits per heavy atom. The lowest BCUT2D eigenvalue weighted by atomic mass is 9.90. The minimum Gasteiger partial charge on any atom is -0.480 e. The zero-order valence-corrected chi connectivity index (χ0v) is 23.9. The molecule has 1 aromatic heterocycles. The van der Waals surface area contributed by atoms with Gasteiger partial charge in [0.1, 0.15) is 11.8 Å². The summed E-state index contributed by atoms with van der Waals surface area (Å²) >= 11 is 0. The molecule has 12 nitrogen and oxygen atoms in total. The fourth-order valence-electron chi connectivity index (χ4n) is 4.47. The van der Waals surface area contributed by atoms with Crippen molar-refractivity contribution in [2.24, 2.45) is 5.92 Å². The van der Waals surface area contributed by atoms with Gasteiger partial charge in [0.25, 0.3) is 5.91 Å². The van der Waals surface area contributed by atoms with E-state index in [0.717, 1.165) is 30.4 Å². The molecule has 4 amide bonds. The molecule has 5 N–H and O–H groups in total. The number of amides is 4. The smallest absolute Gasteiger partial charge is 0.325 e. The molecule has 0 unspecified atom stereocenters. The van der Waals surface area contributed by atoms with Crippen molar-refractivity contribution in [3.05, 3.63) is 47.2 Å². The van der Waals surface area contributed by atoms with Crippen molar-refractivity contribution in [3.8, 4) is 11.3 Å². The van der Waals surface area contributed by atoms with Crippen molar-refractivity contribution in [3.63, 3.8) is 0 Å². The van der Waals surface area contributed by atoms with Gasteiger partial charge in [-0.2, -0.15) is 0 Å². The number of furan rings is 1. The zero-order valence-electron chi connectivity index (χ0n) is 23.9. The van der Waals surface area contributed by atoms with Gasteiger partial charge in [-0.25, -0.2) is 5.06 Å². The first kappa shape index (κ1) is 33.0. The lowest BCUT2D eigenvalue weighted by molar-refractivity contribution is -0.168. The summed E-state index contributed by atoms with van der Waals surface area (Å²) in [5, 5.41) is 27.1. The topological polar surface area (TPSA) is 178 Å². The summed E-state index contributed by atoms with van der Waals surface area (Å²) in [6.07, 6.45) is 3.81. The molecule has 2 rings (SSSR count). The lowest BCUT2D eigenvalue weighted by Crippen LogP contribution is -2.47. The van der Waals surface area contributed by atoms with E-state index in [1.807, 2.05) is 13.8 Å². The van der Waals surface area contributed by atoms with Gasteiger partial charge in [-0.15, -0.1) is 0 Å². The SMILES string of the molecule is CCCCC[C@@H](C(=O)NCNC(=O)c1ccc(-c2ccc(CC(=O)N[C@@H](C)C(=O)O)c(C)c2)o1)[C@@H](CC)N(O)C=O. The number of rotatable bonds is 17. The molecule has 0 spiro atoms. The highest BCUT2D eigenvalue weighted by molar-refractivity contribution is 5.92. The van der Waals surface area contributed by atoms with Gasteiger partial charge in [0, 0.05) is 5.56 Å². The van der Waals surface area contributed by atoms with Crippen LogP contribution in [-0.2, 0) is 25.6 Å². The summed E-state index contributed by atoms with van der Waals surface area (Å²) in [6, 6.07) is 6.76. The van der Waals surface area contributed by atoms with E-state index in [1.54, 1.807) is 31.2 Å². The van der Waals surface area contributed by atoms with Crippen LogP contribution in [0.2, 0.25) is 0 Å². The van der Waals surface area contributed by atoms with E-state index in [2.05, 4.69) is 16.0 Å². The molecule has 0 aliphatic carbocycles. The molecule has 1 aromatic carbocycles. The Labute approximate surface area is 239 Å². The van der Waals surface area contributed by atoms with E-state index in [-0.39, 0.29) is 24.8 Å². The molecule has 41 heavy (non-hydrogen) atoms. The Morgan fingerprint density at radius 1 is 1.07 bits per heavy atom. The van der Waals surface area contributed by atoms with Crippen LogP contribution in [0, 0.1) is 12.8 Å². The number of carbonyl (C=O) groups is 5. The van der Waals surface area contributed by atoms with Gasteiger partial charge in [0.2, 0.25) is 18.2 Å². The van der Waals surface area contributed by atoms with E-state index in [1.165, 1.54) is 13.0 Å². The second-order valence-electron chi connectivity index (χ2n) is 9.90. The summed E-state index contributed by atoms with van der Waals surface area (Å²) in [5.74, 6) is -2.62. The third-order valence-corrected chi connectivity index (χ3v) is 6.85. The third-order valence-electron chi connectivity index (χ3n) is 6.85. The van der Waals surface area contributed by atoms with Crippen LogP contribution in [0.25, 0.3) is 11.3 Å². The number of hydroxylamine groups is 2. The van der Waals surface area contributed by atoms with E-state index in [0.29, 0.717) is 35.6 Å². The Morgan fingerprint density at radius 2 is 1.80 bits per heavy atom. The van der Waals surface area contributed by atoms with Crippen LogP contribution >= 0.6 is 0 Å². The summed E-state index contributed by atoms with van der Waals surface area (Å²) in [6.45, 7) is 6.85. The first-order chi connectivity index (χ1) is 19.5. The number of aliphatic carboxylic acids is 1. The standard InChI is InChI=1S/C29H40N4O8/c1-5-7-8-9-22(23(6-2)33(40)17-34)27(36)30-16-31-28(37)25-13-12-24(41-25)21-11-10-20(18(3)14-21)15-26(35)32-19(4)29(38)39/h10-14,17,19,22-23,40H,5-9,15-16H2,1-4H3,(H,30,36)(H,31,37)(H,32,35)(H,38,39)/t19-,22+,23+/m0/s1. The van der Waals surface area contributed by atoms with Gasteiger partial charge in [-0.3, -0.25) is 29.2 Å². The molecule has 1 heterocycles. The van der Waals surface area contributed by atoms with Crippen LogP contribution in [-0.4, -0.2) is 64.2 Å². The summed E-state index contributed by atoms with van der Waals surface area (Å²) < 4.78 is 5.71. The monoisotopic (exact) mass is 572 g/mol. The van der Waals surface area contributed by atoms with Gasteiger partial charge in [0.15, 0.2) is 5.76 Å². The van der Waals surface area contributed by atoms with Gasteiger partial charge in [-0.05, 0) is 56.0 Å². The number of unbranched alkanes of at least 4 members (excludes halogenated alkanes) is 2. The molecule has 0 fully saturated rings. The van der Waals surface area contributed by atoms with Gasteiger partial charge < -0.3 is 25.5 Å². The van der Waals surface area contributed by atoms with E-state index >= 15 is 0 Å². The molecule has 0 aliphatic rings. The fraction of sp³-hybridized carbons (Fsp3) is 0.483. The maximum absolute atomic E-state index is 12.9. The number of aryl methyl sites for hydroxylation is 1. The second kappa shape index (κ2) is 16.2. The van der Waals surface area contributed by atoms with Crippen molar-refractivity contribution in [2.45, 2.75) is 78.3 Å². The van der Waals surface area contributed by atoms with Crippen LogP contribution in [0.1, 0.15) is 74.6 Å². The first-order valence-corrected chi connectivity index (χ1v) is 13.7.